The number of allylic oxidation sites excluding steroid dienone is 1. The third-order valence-corrected chi connectivity index (χ3v) is 1.72. The Morgan fingerprint density at radius 1 is 1.06 bits per heavy atom. The van der Waals surface area contributed by atoms with Crippen LogP contribution in [0.5, 0.6) is 0 Å². The predicted molar refractivity (Wildman–Crippen MR) is 61.3 cm³/mol. The van der Waals surface area contributed by atoms with Gasteiger partial charge in [-0.25, -0.2) is 0 Å². The fourth-order valence-electron chi connectivity index (χ4n) is 0.993. The van der Waals surface area contributed by atoms with Crippen LogP contribution in [0.25, 0.3) is 0 Å². The molecule has 0 fully saturated rings. The quantitative estimate of drug-likeness (QED) is 0.278. The summed E-state index contributed by atoms with van der Waals surface area (Å²) in [6, 6.07) is 0. The van der Waals surface area contributed by atoms with E-state index in [1.807, 2.05) is 6.08 Å². The van der Waals surface area contributed by atoms with E-state index in [9.17, 15) is 14.4 Å². The summed E-state index contributed by atoms with van der Waals surface area (Å²) in [5.74, 6) is -0.995. The standard InChI is InChI=1S/C12H18O5/c1-10(13)9-12(15)17-8-6-4-3-5-7-16-11(2)14/h3,5H,4,6-9H2,1-2H3/b5-3+. The fourth-order valence-corrected chi connectivity index (χ4v) is 0.993. The van der Waals surface area contributed by atoms with Gasteiger partial charge in [0.1, 0.15) is 18.8 Å². The Morgan fingerprint density at radius 3 is 2.35 bits per heavy atom. The van der Waals surface area contributed by atoms with E-state index < -0.39 is 5.97 Å². The van der Waals surface area contributed by atoms with Crippen LogP contribution < -0.4 is 0 Å². The number of unbranched alkanes of at least 4 members (excludes halogenated alkanes) is 1. The lowest BCUT2D eigenvalue weighted by atomic mass is 10.3. The van der Waals surface area contributed by atoms with Crippen molar-refractivity contribution in [2.24, 2.45) is 0 Å². The van der Waals surface area contributed by atoms with Crippen molar-refractivity contribution in [3.05, 3.63) is 12.2 Å². The van der Waals surface area contributed by atoms with Crippen LogP contribution >= 0.6 is 0 Å². The van der Waals surface area contributed by atoms with Gasteiger partial charge in [0, 0.05) is 6.92 Å². The molecule has 0 N–H and O–H groups in total. The predicted octanol–water partition coefficient (Wildman–Crippen LogP) is 1.41. The maximum absolute atomic E-state index is 10.9. The lowest BCUT2D eigenvalue weighted by molar-refractivity contribution is -0.146. The summed E-state index contributed by atoms with van der Waals surface area (Å²) in [5.41, 5.74) is 0. The van der Waals surface area contributed by atoms with Gasteiger partial charge in [0.25, 0.3) is 0 Å². The number of Topliss-reactive ketones (excluding diaryl/α,β-unsaturated/α-hetero) is 1. The molecule has 0 saturated heterocycles. The molecule has 0 amide bonds. The lowest BCUT2D eigenvalue weighted by Gasteiger charge is -2.01. The number of hydrogen-bond donors (Lipinski definition) is 0. The van der Waals surface area contributed by atoms with Crippen molar-refractivity contribution >= 4 is 17.7 Å². The van der Waals surface area contributed by atoms with E-state index in [-0.39, 0.29) is 24.8 Å². The number of carbonyl (C=O) groups is 3. The Labute approximate surface area is 101 Å². The summed E-state index contributed by atoms with van der Waals surface area (Å²) in [6.45, 7) is 3.25. The van der Waals surface area contributed by atoms with Crippen molar-refractivity contribution in [1.29, 1.82) is 0 Å². The van der Waals surface area contributed by atoms with Crippen LogP contribution in [-0.2, 0) is 23.9 Å². The van der Waals surface area contributed by atoms with Crippen LogP contribution in [0, 0.1) is 0 Å². The number of esters is 2. The fraction of sp³-hybridized carbons (Fsp3) is 0.583. The minimum Gasteiger partial charge on any atom is -0.465 e. The van der Waals surface area contributed by atoms with Gasteiger partial charge in [-0.1, -0.05) is 12.2 Å². The van der Waals surface area contributed by atoms with Gasteiger partial charge < -0.3 is 9.47 Å². The molecule has 17 heavy (non-hydrogen) atoms. The molecule has 0 bridgehead atoms. The highest BCUT2D eigenvalue weighted by Gasteiger charge is 2.04. The summed E-state index contributed by atoms with van der Waals surface area (Å²) < 4.78 is 9.50. The van der Waals surface area contributed by atoms with E-state index in [1.54, 1.807) is 6.08 Å². The Hall–Kier alpha value is -1.65. The van der Waals surface area contributed by atoms with Crippen molar-refractivity contribution in [3.63, 3.8) is 0 Å². The van der Waals surface area contributed by atoms with Crippen LogP contribution in [-0.4, -0.2) is 30.9 Å². The average molecular weight is 242 g/mol. The zero-order valence-electron chi connectivity index (χ0n) is 10.2. The van der Waals surface area contributed by atoms with Gasteiger partial charge in [-0.3, -0.25) is 14.4 Å². The lowest BCUT2D eigenvalue weighted by Crippen LogP contribution is -2.09. The average Bonchev–Trinajstić information content (AvgIpc) is 2.20. The molecule has 0 aliphatic rings. The summed E-state index contributed by atoms with van der Waals surface area (Å²) >= 11 is 0. The van der Waals surface area contributed by atoms with E-state index in [2.05, 4.69) is 4.74 Å². The number of ketones is 1. The molecule has 0 aromatic rings. The molecule has 0 radical (unpaired) electrons. The Balaban J connectivity index is 3.37. The van der Waals surface area contributed by atoms with Gasteiger partial charge in [0.05, 0.1) is 6.61 Å². The minimum absolute atomic E-state index is 0.164. The zero-order chi connectivity index (χ0) is 13.1. The van der Waals surface area contributed by atoms with E-state index in [0.717, 1.165) is 6.42 Å². The number of carbonyl (C=O) groups excluding carboxylic acids is 3. The van der Waals surface area contributed by atoms with Crippen LogP contribution in [0.4, 0.5) is 0 Å². The Morgan fingerprint density at radius 2 is 1.76 bits per heavy atom. The maximum Gasteiger partial charge on any atom is 0.313 e. The van der Waals surface area contributed by atoms with E-state index in [4.69, 9.17) is 4.74 Å². The third-order valence-electron chi connectivity index (χ3n) is 1.72. The molecule has 5 nitrogen and oxygen atoms in total. The first-order chi connectivity index (χ1) is 8.02. The van der Waals surface area contributed by atoms with Crippen LogP contribution in [0.3, 0.4) is 0 Å². The molecule has 0 heterocycles. The first-order valence-electron chi connectivity index (χ1n) is 5.45. The second kappa shape index (κ2) is 9.57. The van der Waals surface area contributed by atoms with E-state index >= 15 is 0 Å². The molecule has 5 heteroatoms. The highest BCUT2D eigenvalue weighted by Crippen LogP contribution is 1.95. The van der Waals surface area contributed by atoms with E-state index in [0.29, 0.717) is 13.0 Å². The molecule has 0 rings (SSSR count). The maximum atomic E-state index is 10.9. The topological polar surface area (TPSA) is 69.7 Å². The molecule has 0 aliphatic carbocycles. The number of hydrogen-bond acceptors (Lipinski definition) is 5. The van der Waals surface area contributed by atoms with Gasteiger partial charge >= 0.3 is 11.9 Å². The molecule has 0 aliphatic heterocycles. The first kappa shape index (κ1) is 15.3. The van der Waals surface area contributed by atoms with Crippen molar-refractivity contribution in [3.8, 4) is 0 Å². The highest BCUT2D eigenvalue weighted by molar-refractivity contribution is 5.94. The van der Waals surface area contributed by atoms with Gasteiger partial charge in [-0.2, -0.15) is 0 Å². The van der Waals surface area contributed by atoms with Gasteiger partial charge in [-0.15, -0.1) is 0 Å². The Kier molecular flexibility index (Phi) is 8.64. The van der Waals surface area contributed by atoms with Gasteiger partial charge in [-0.05, 0) is 19.8 Å². The SMILES string of the molecule is CC(=O)CC(=O)OCCC/C=C/COC(C)=O. The summed E-state index contributed by atoms with van der Waals surface area (Å²) in [7, 11) is 0. The van der Waals surface area contributed by atoms with Crippen LogP contribution in [0.15, 0.2) is 12.2 Å². The Bertz CT molecular complexity index is 293. The molecule has 0 unspecified atom stereocenters. The van der Waals surface area contributed by atoms with E-state index in [1.165, 1.54) is 13.8 Å². The molecule has 0 saturated carbocycles. The summed E-state index contributed by atoms with van der Waals surface area (Å²) in [5, 5.41) is 0. The molecule has 96 valence electrons. The van der Waals surface area contributed by atoms with Crippen molar-refractivity contribution in [1.82, 2.24) is 0 Å². The molecule has 0 aromatic carbocycles. The second-order valence-electron chi connectivity index (χ2n) is 3.52. The molecule has 0 spiro atoms. The molecular formula is C12H18O5. The summed E-state index contributed by atoms with van der Waals surface area (Å²) in [4.78, 5) is 31.9. The number of ether oxygens (including phenoxy) is 2. The minimum atomic E-state index is -0.485. The molecule has 0 aromatic heterocycles. The van der Waals surface area contributed by atoms with Crippen molar-refractivity contribution < 1.29 is 23.9 Å². The number of rotatable bonds is 8. The normalized spacial score (nSPS) is 10.2. The van der Waals surface area contributed by atoms with Crippen molar-refractivity contribution in [2.75, 3.05) is 13.2 Å². The molecule has 0 atom stereocenters. The zero-order valence-corrected chi connectivity index (χ0v) is 10.2. The third kappa shape index (κ3) is 12.3. The van der Waals surface area contributed by atoms with Gasteiger partial charge in [0.15, 0.2) is 0 Å². The molecular weight excluding hydrogens is 224 g/mol. The monoisotopic (exact) mass is 242 g/mol. The van der Waals surface area contributed by atoms with Gasteiger partial charge in [0.2, 0.25) is 0 Å². The highest BCUT2D eigenvalue weighted by atomic mass is 16.5. The largest absolute Gasteiger partial charge is 0.465 e. The van der Waals surface area contributed by atoms with Crippen molar-refractivity contribution in [2.45, 2.75) is 33.1 Å². The smallest absolute Gasteiger partial charge is 0.313 e. The second-order valence-corrected chi connectivity index (χ2v) is 3.52. The van der Waals surface area contributed by atoms with Crippen LogP contribution in [0.2, 0.25) is 0 Å². The van der Waals surface area contributed by atoms with Crippen LogP contribution in [0.1, 0.15) is 33.1 Å². The summed E-state index contributed by atoms with van der Waals surface area (Å²) in [6.07, 6.45) is 4.83. The first-order valence-corrected chi connectivity index (χ1v) is 5.45.